The molecule has 2 atom stereocenters. The quantitative estimate of drug-likeness (QED) is 0.687. The fourth-order valence-electron chi connectivity index (χ4n) is 2.29. The molecule has 78 valence electrons. The maximum atomic E-state index is 10.9. The number of amides is 1. The highest BCUT2D eigenvalue weighted by Crippen LogP contribution is 2.32. The van der Waals surface area contributed by atoms with Gasteiger partial charge in [-0.2, -0.15) is 0 Å². The molecule has 5 heteroatoms. The van der Waals surface area contributed by atoms with Crippen LogP contribution < -0.4 is 5.32 Å². The standard InChI is InChI=1S/C9H13NO4/c11-8(12)6-7(14-9(13)10-6)5-3-1-2-4-5/h5-7H,1-4H2,(H,10,13)(H,11,12). The zero-order valence-corrected chi connectivity index (χ0v) is 7.73. The molecular formula is C9H13NO4. The van der Waals surface area contributed by atoms with Gasteiger partial charge in [-0.25, -0.2) is 9.59 Å². The zero-order chi connectivity index (χ0) is 10.1. The third-order valence-corrected chi connectivity index (χ3v) is 2.98. The van der Waals surface area contributed by atoms with Gasteiger partial charge in [-0.3, -0.25) is 0 Å². The Morgan fingerprint density at radius 3 is 2.64 bits per heavy atom. The molecule has 1 aliphatic carbocycles. The van der Waals surface area contributed by atoms with E-state index in [2.05, 4.69) is 5.32 Å². The molecule has 2 N–H and O–H groups in total. The lowest BCUT2D eigenvalue weighted by Gasteiger charge is -2.19. The lowest BCUT2D eigenvalue weighted by molar-refractivity contribution is -0.141. The molecule has 1 saturated carbocycles. The Balaban J connectivity index is 2.08. The number of carbonyl (C=O) groups excluding carboxylic acids is 1. The summed E-state index contributed by atoms with van der Waals surface area (Å²) >= 11 is 0. The van der Waals surface area contributed by atoms with Crippen LogP contribution in [0.2, 0.25) is 0 Å². The maximum Gasteiger partial charge on any atom is 0.408 e. The van der Waals surface area contributed by atoms with Crippen LogP contribution in [-0.4, -0.2) is 29.3 Å². The highest BCUT2D eigenvalue weighted by molar-refractivity contribution is 5.83. The topological polar surface area (TPSA) is 75.6 Å². The van der Waals surface area contributed by atoms with Gasteiger partial charge >= 0.3 is 12.1 Å². The number of carboxylic acid groups (broad SMARTS) is 1. The lowest BCUT2D eigenvalue weighted by atomic mass is 9.95. The van der Waals surface area contributed by atoms with Crippen molar-refractivity contribution in [1.29, 1.82) is 0 Å². The predicted molar refractivity (Wildman–Crippen MR) is 46.8 cm³/mol. The molecule has 0 aromatic carbocycles. The molecule has 14 heavy (non-hydrogen) atoms. The van der Waals surface area contributed by atoms with E-state index in [0.29, 0.717) is 0 Å². The second-order valence-electron chi connectivity index (χ2n) is 3.87. The van der Waals surface area contributed by atoms with E-state index in [0.717, 1.165) is 25.7 Å². The number of hydrogen-bond acceptors (Lipinski definition) is 3. The molecule has 5 nitrogen and oxygen atoms in total. The minimum Gasteiger partial charge on any atom is -0.480 e. The van der Waals surface area contributed by atoms with Gasteiger partial charge in [-0.05, 0) is 18.8 Å². The van der Waals surface area contributed by atoms with E-state index in [1.807, 2.05) is 0 Å². The molecule has 2 fully saturated rings. The molecule has 2 aliphatic rings. The van der Waals surface area contributed by atoms with Crippen molar-refractivity contribution >= 4 is 12.1 Å². The van der Waals surface area contributed by atoms with Crippen LogP contribution in [0.15, 0.2) is 0 Å². The Morgan fingerprint density at radius 2 is 2.07 bits per heavy atom. The summed E-state index contributed by atoms with van der Waals surface area (Å²) in [6, 6.07) is -0.856. The van der Waals surface area contributed by atoms with E-state index in [9.17, 15) is 9.59 Å². The molecule has 0 aromatic rings. The molecular weight excluding hydrogens is 186 g/mol. The summed E-state index contributed by atoms with van der Waals surface area (Å²) in [4.78, 5) is 21.7. The number of rotatable bonds is 2. The number of ether oxygens (including phenoxy) is 1. The largest absolute Gasteiger partial charge is 0.480 e. The van der Waals surface area contributed by atoms with Gasteiger partial charge in [0.15, 0.2) is 6.04 Å². The molecule has 2 rings (SSSR count). The maximum absolute atomic E-state index is 10.9. The summed E-state index contributed by atoms with van der Waals surface area (Å²) in [5, 5.41) is 11.2. The van der Waals surface area contributed by atoms with Crippen LogP contribution in [0.1, 0.15) is 25.7 Å². The minimum absolute atomic E-state index is 0.218. The van der Waals surface area contributed by atoms with Crippen molar-refractivity contribution in [2.75, 3.05) is 0 Å². The molecule has 2 unspecified atom stereocenters. The SMILES string of the molecule is O=C1NC(C(=O)O)C(C2CCCC2)O1. The monoisotopic (exact) mass is 199 g/mol. The molecule has 1 heterocycles. The number of aliphatic carboxylic acids is 1. The van der Waals surface area contributed by atoms with E-state index >= 15 is 0 Å². The number of nitrogens with one attached hydrogen (secondary N) is 1. The van der Waals surface area contributed by atoms with Crippen LogP contribution >= 0.6 is 0 Å². The van der Waals surface area contributed by atoms with Crippen molar-refractivity contribution in [3.63, 3.8) is 0 Å². The normalized spacial score (nSPS) is 32.7. The number of carboxylic acids is 1. The van der Waals surface area contributed by atoms with Gasteiger partial charge in [-0.1, -0.05) is 12.8 Å². The number of carbonyl (C=O) groups is 2. The first-order chi connectivity index (χ1) is 6.68. The van der Waals surface area contributed by atoms with E-state index in [1.54, 1.807) is 0 Å². The Bertz CT molecular complexity index is 260. The van der Waals surface area contributed by atoms with Crippen LogP contribution in [0, 0.1) is 5.92 Å². The van der Waals surface area contributed by atoms with Crippen LogP contribution in [-0.2, 0) is 9.53 Å². The summed E-state index contributed by atoms with van der Waals surface area (Å²) in [6.45, 7) is 0. The molecule has 0 aromatic heterocycles. The average Bonchev–Trinajstić information content (AvgIpc) is 2.70. The summed E-state index contributed by atoms with van der Waals surface area (Å²) in [6.07, 6.45) is 3.06. The predicted octanol–water partition coefficient (Wildman–Crippen LogP) is 0.738. The highest BCUT2D eigenvalue weighted by Gasteiger charge is 2.44. The molecule has 0 spiro atoms. The van der Waals surface area contributed by atoms with Crippen molar-refractivity contribution in [3.05, 3.63) is 0 Å². The Hall–Kier alpha value is -1.26. The average molecular weight is 199 g/mol. The van der Waals surface area contributed by atoms with E-state index in [4.69, 9.17) is 9.84 Å². The zero-order valence-electron chi connectivity index (χ0n) is 7.73. The van der Waals surface area contributed by atoms with Gasteiger partial charge in [0.2, 0.25) is 0 Å². The number of alkyl carbamates (subject to hydrolysis) is 1. The van der Waals surface area contributed by atoms with E-state index < -0.39 is 24.2 Å². The van der Waals surface area contributed by atoms with Crippen molar-refractivity contribution < 1.29 is 19.4 Å². The molecule has 0 bridgehead atoms. The first-order valence-electron chi connectivity index (χ1n) is 4.88. The Kier molecular flexibility index (Phi) is 2.31. The first kappa shape index (κ1) is 9.30. The van der Waals surface area contributed by atoms with Crippen molar-refractivity contribution in [2.24, 2.45) is 5.92 Å². The van der Waals surface area contributed by atoms with Gasteiger partial charge in [0.05, 0.1) is 0 Å². The molecule has 1 amide bonds. The first-order valence-corrected chi connectivity index (χ1v) is 4.88. The number of cyclic esters (lactones) is 1. The smallest absolute Gasteiger partial charge is 0.408 e. The Labute approximate surface area is 81.4 Å². The molecule has 0 radical (unpaired) electrons. The van der Waals surface area contributed by atoms with Gasteiger partial charge in [0.25, 0.3) is 0 Å². The molecule has 1 aliphatic heterocycles. The van der Waals surface area contributed by atoms with Crippen LogP contribution in [0.5, 0.6) is 0 Å². The third kappa shape index (κ3) is 1.54. The van der Waals surface area contributed by atoms with Crippen LogP contribution in [0.25, 0.3) is 0 Å². The lowest BCUT2D eigenvalue weighted by Crippen LogP contribution is -2.42. The molecule has 1 saturated heterocycles. The van der Waals surface area contributed by atoms with Gasteiger partial charge < -0.3 is 15.2 Å². The summed E-state index contributed by atoms with van der Waals surface area (Å²) < 4.78 is 4.99. The van der Waals surface area contributed by atoms with Crippen molar-refractivity contribution in [1.82, 2.24) is 5.32 Å². The summed E-state index contributed by atoms with van der Waals surface area (Å²) in [7, 11) is 0. The fourth-order valence-corrected chi connectivity index (χ4v) is 2.29. The van der Waals surface area contributed by atoms with Gasteiger partial charge in [0.1, 0.15) is 6.10 Å². The summed E-state index contributed by atoms with van der Waals surface area (Å²) in [5.41, 5.74) is 0. The van der Waals surface area contributed by atoms with Crippen molar-refractivity contribution in [3.8, 4) is 0 Å². The van der Waals surface area contributed by atoms with Gasteiger partial charge in [-0.15, -0.1) is 0 Å². The number of hydrogen-bond donors (Lipinski definition) is 2. The van der Waals surface area contributed by atoms with E-state index in [-0.39, 0.29) is 5.92 Å². The van der Waals surface area contributed by atoms with E-state index in [1.165, 1.54) is 0 Å². The second kappa shape index (κ2) is 3.48. The van der Waals surface area contributed by atoms with Crippen molar-refractivity contribution in [2.45, 2.75) is 37.8 Å². The minimum atomic E-state index is -1.01. The highest BCUT2D eigenvalue weighted by atomic mass is 16.6. The Morgan fingerprint density at radius 1 is 1.43 bits per heavy atom. The van der Waals surface area contributed by atoms with Crippen LogP contribution in [0.3, 0.4) is 0 Å². The van der Waals surface area contributed by atoms with Gasteiger partial charge in [0, 0.05) is 0 Å². The third-order valence-electron chi connectivity index (χ3n) is 2.98. The summed E-state index contributed by atoms with van der Waals surface area (Å²) in [5.74, 6) is -0.789. The fraction of sp³-hybridized carbons (Fsp3) is 0.778. The second-order valence-corrected chi connectivity index (χ2v) is 3.87. The van der Waals surface area contributed by atoms with Crippen LogP contribution in [0.4, 0.5) is 4.79 Å².